The van der Waals surface area contributed by atoms with Crippen molar-refractivity contribution in [2.45, 2.75) is 127 Å². The summed E-state index contributed by atoms with van der Waals surface area (Å²) in [6.07, 6.45) is -9.22. The van der Waals surface area contributed by atoms with Gasteiger partial charge in [0.2, 0.25) is 5.91 Å². The monoisotopic (exact) mass is 931 g/mol. The van der Waals surface area contributed by atoms with Crippen molar-refractivity contribution in [3.8, 4) is 0 Å². The number of amides is 4. The van der Waals surface area contributed by atoms with E-state index >= 15 is 0 Å². The van der Waals surface area contributed by atoms with Crippen molar-refractivity contribution >= 4 is 35.6 Å². The summed E-state index contributed by atoms with van der Waals surface area (Å²) < 4.78 is 34.9. The number of alkyl carbamates (subject to hydrolysis) is 2. The van der Waals surface area contributed by atoms with E-state index in [1.807, 2.05) is 0 Å². The van der Waals surface area contributed by atoms with Crippen LogP contribution in [0.2, 0.25) is 0 Å². The number of likely N-dealkylation sites (N-methyl/N-ethyl adjacent to an activating group) is 1. The molecule has 1 unspecified atom stereocenters. The van der Waals surface area contributed by atoms with E-state index in [4.69, 9.17) is 34.2 Å². The number of rotatable bonds is 14. The number of nitrogens with one attached hydrogen (secondary N) is 3. The molecule has 1 saturated heterocycles. The molecule has 0 aromatic heterocycles. The Morgan fingerprint density at radius 2 is 1.41 bits per heavy atom. The van der Waals surface area contributed by atoms with Gasteiger partial charge in [-0.1, -0.05) is 0 Å². The molecule has 1 aliphatic carbocycles. The van der Waals surface area contributed by atoms with Crippen molar-refractivity contribution in [1.29, 1.82) is 0 Å². The normalized spacial score (nSPS) is 28.6. The first kappa shape index (κ1) is 50.8. The second-order valence-electron chi connectivity index (χ2n) is 17.5. The van der Waals surface area contributed by atoms with E-state index < -0.39 is 113 Å². The molecule has 4 amide bonds. The zero-order chi connectivity index (χ0) is 48.7. The van der Waals surface area contributed by atoms with Crippen LogP contribution in [0.4, 0.5) is 25.8 Å². The van der Waals surface area contributed by atoms with Gasteiger partial charge in [0.1, 0.15) is 48.5 Å². The lowest BCUT2D eigenvalue weighted by Crippen LogP contribution is -2.70. The molecule has 0 spiro atoms. The number of aliphatic hydroxyl groups excluding tert-OH is 2. The van der Waals surface area contributed by atoms with Gasteiger partial charge in [-0.15, -0.1) is 0 Å². The van der Waals surface area contributed by atoms with Crippen LogP contribution in [0.3, 0.4) is 0 Å². The van der Waals surface area contributed by atoms with E-state index in [1.165, 1.54) is 69.4 Å². The van der Waals surface area contributed by atoms with Crippen molar-refractivity contribution in [1.82, 2.24) is 20.9 Å². The van der Waals surface area contributed by atoms with E-state index in [1.54, 1.807) is 26.8 Å². The van der Waals surface area contributed by atoms with Crippen LogP contribution in [0, 0.1) is 26.1 Å². The van der Waals surface area contributed by atoms with Gasteiger partial charge >= 0.3 is 18.3 Å². The molecule has 2 heterocycles. The minimum Gasteiger partial charge on any atom is -0.491 e. The Labute approximate surface area is 378 Å². The molecule has 8 N–H and O–H groups in total. The summed E-state index contributed by atoms with van der Waals surface area (Å²) in [4.78, 5) is 74.9. The van der Waals surface area contributed by atoms with Crippen LogP contribution in [0.25, 0.3) is 0 Å². The SMILES string of the molecule is CC(=O)N[C@@H]1C[C@H](NC(=O)OCc2ccc([N+](=O)[O-])cc2)C([C@H]2OC(CN)=CC[C@H]2NC(=O)OCc2ccc([N+](=O)[O-])cc2)[C@H](O)[C@H]1O[C@H]1OC[C@](C)(O)[C@H](N(C)C(=O)OC(C)(C)C)[C@H]1O. The van der Waals surface area contributed by atoms with Crippen molar-refractivity contribution < 1.29 is 72.8 Å². The van der Waals surface area contributed by atoms with Crippen molar-refractivity contribution in [3.63, 3.8) is 0 Å². The number of ether oxygens (including phenoxy) is 6. The largest absolute Gasteiger partial charge is 0.491 e. The number of hydrogen-bond acceptors (Lipinski definition) is 18. The van der Waals surface area contributed by atoms with Gasteiger partial charge in [0.05, 0.1) is 47.2 Å². The second kappa shape index (κ2) is 21.4. The zero-order valence-corrected chi connectivity index (χ0v) is 37.2. The maximum atomic E-state index is 13.6. The average Bonchev–Trinajstić information content (AvgIpc) is 3.24. The van der Waals surface area contributed by atoms with Gasteiger partial charge < -0.3 is 70.3 Å². The van der Waals surface area contributed by atoms with Crippen LogP contribution < -0.4 is 21.7 Å². The molecule has 5 rings (SSSR count). The molecule has 2 fully saturated rings. The fourth-order valence-corrected chi connectivity index (χ4v) is 8.16. The molecule has 24 nitrogen and oxygen atoms in total. The molecule has 0 bridgehead atoms. The molecule has 3 aliphatic rings. The van der Waals surface area contributed by atoms with Gasteiger partial charge in [0, 0.05) is 50.2 Å². The lowest BCUT2D eigenvalue weighted by Gasteiger charge is -2.52. The number of nitro benzene ring substituents is 2. The fraction of sp³-hybridized carbons (Fsp3) is 0.571. The van der Waals surface area contributed by atoms with Gasteiger partial charge in [0.15, 0.2) is 6.29 Å². The Morgan fingerprint density at radius 3 is 1.89 bits per heavy atom. The van der Waals surface area contributed by atoms with Gasteiger partial charge in [-0.05, 0) is 82.0 Å². The maximum absolute atomic E-state index is 13.6. The van der Waals surface area contributed by atoms with Crippen molar-refractivity contribution in [3.05, 3.63) is 91.7 Å². The highest BCUT2D eigenvalue weighted by Gasteiger charge is 2.56. The number of nitrogens with zero attached hydrogens (tertiary/aromatic N) is 3. The molecule has 362 valence electrons. The lowest BCUT2D eigenvalue weighted by molar-refractivity contribution is -0.385. The van der Waals surface area contributed by atoms with Crippen LogP contribution >= 0.6 is 0 Å². The number of carbonyl (C=O) groups is 4. The molecule has 24 heteroatoms. The highest BCUT2D eigenvalue weighted by atomic mass is 16.7. The van der Waals surface area contributed by atoms with Crippen molar-refractivity contribution in [2.24, 2.45) is 11.7 Å². The average molecular weight is 932 g/mol. The van der Waals surface area contributed by atoms with Gasteiger partial charge in [-0.3, -0.25) is 25.0 Å². The Hall–Kier alpha value is -6.18. The summed E-state index contributed by atoms with van der Waals surface area (Å²) in [6.45, 7) is 6.27. The summed E-state index contributed by atoms with van der Waals surface area (Å²) in [7, 11) is 1.31. The van der Waals surface area contributed by atoms with E-state index in [0.29, 0.717) is 11.1 Å². The highest BCUT2D eigenvalue weighted by Crippen LogP contribution is 2.38. The number of aliphatic hydroxyl groups is 3. The molecule has 0 radical (unpaired) electrons. The topological polar surface area (TPSA) is 336 Å². The molecule has 11 atom stereocenters. The number of nitro groups is 2. The zero-order valence-electron chi connectivity index (χ0n) is 37.2. The van der Waals surface area contributed by atoms with Gasteiger partial charge in [-0.2, -0.15) is 0 Å². The molecule has 2 aromatic carbocycles. The number of non-ortho nitro benzene ring substituents is 2. The highest BCUT2D eigenvalue weighted by molar-refractivity contribution is 5.73. The maximum Gasteiger partial charge on any atom is 0.410 e. The predicted molar refractivity (Wildman–Crippen MR) is 228 cm³/mol. The van der Waals surface area contributed by atoms with E-state index in [-0.39, 0.29) is 49.7 Å². The quantitative estimate of drug-likeness (QED) is 0.0809. The lowest BCUT2D eigenvalue weighted by atomic mass is 9.72. The number of nitrogens with two attached hydrogens (primary N) is 1. The standard InChI is InChI=1S/C42H57N7O17/c1-22(50)44-30-17-29(46-39(54)62-20-24-9-13-26(14-10-24)49(59)60)31(32(51)35(30)65-37-33(52)36(42(5,56)21-63-37)47(6)40(55)66-41(2,3)4)34-28(16-15-27(18-43)64-34)45-38(53)61-19-23-7-11-25(12-8-23)48(57)58/h7-15,28-37,51-52,56H,16-21,43H2,1-6H3,(H,44,50)(H,45,53)(H,46,54)/t28-,29+,30-,31?,32+,33-,34+,35+,36-,37-,42+/m1/s1. The molecular formula is C42H57N7O17. The molecular weight excluding hydrogens is 874 g/mol. The van der Waals surface area contributed by atoms with Crippen LogP contribution in [0.5, 0.6) is 0 Å². The first-order valence-corrected chi connectivity index (χ1v) is 21.0. The number of benzene rings is 2. The van der Waals surface area contributed by atoms with E-state index in [9.17, 15) is 54.7 Å². The molecule has 2 aliphatic heterocycles. The predicted octanol–water partition coefficient (Wildman–Crippen LogP) is 2.00. The second-order valence-corrected chi connectivity index (χ2v) is 17.5. The third-order valence-corrected chi connectivity index (χ3v) is 11.2. The molecule has 2 aromatic rings. The Bertz CT molecular complexity index is 2100. The third kappa shape index (κ3) is 13.0. The van der Waals surface area contributed by atoms with Crippen LogP contribution in [-0.4, -0.2) is 141 Å². The number of carbonyl (C=O) groups excluding carboxylic acids is 4. The smallest absolute Gasteiger partial charge is 0.410 e. The summed E-state index contributed by atoms with van der Waals surface area (Å²) in [5.41, 5.74) is 3.73. The van der Waals surface area contributed by atoms with E-state index in [0.717, 1.165) is 4.90 Å². The van der Waals surface area contributed by atoms with E-state index in [2.05, 4.69) is 16.0 Å². The summed E-state index contributed by atoms with van der Waals surface area (Å²) in [6, 6.07) is 5.95. The summed E-state index contributed by atoms with van der Waals surface area (Å²) in [5, 5.41) is 66.1. The van der Waals surface area contributed by atoms with Crippen LogP contribution in [0.15, 0.2) is 60.4 Å². The Kier molecular flexibility index (Phi) is 16.5. The van der Waals surface area contributed by atoms with Crippen molar-refractivity contribution in [2.75, 3.05) is 20.2 Å². The first-order chi connectivity index (χ1) is 31.0. The van der Waals surface area contributed by atoms with Gasteiger partial charge in [-0.25, -0.2) is 14.4 Å². The Balaban J connectivity index is 1.46. The summed E-state index contributed by atoms with van der Waals surface area (Å²) in [5.74, 6) is -1.58. The van der Waals surface area contributed by atoms with Gasteiger partial charge in [0.25, 0.3) is 11.4 Å². The molecule has 1 saturated carbocycles. The minimum absolute atomic E-state index is 0.0726. The minimum atomic E-state index is -1.84. The molecule has 66 heavy (non-hydrogen) atoms. The Morgan fingerprint density at radius 1 is 0.879 bits per heavy atom. The fourth-order valence-electron chi connectivity index (χ4n) is 8.16. The third-order valence-electron chi connectivity index (χ3n) is 11.2. The first-order valence-electron chi connectivity index (χ1n) is 21.0. The number of hydrogen-bond donors (Lipinski definition) is 7. The summed E-state index contributed by atoms with van der Waals surface area (Å²) >= 11 is 0. The van der Waals surface area contributed by atoms with Crippen LogP contribution in [0.1, 0.15) is 58.6 Å². The van der Waals surface area contributed by atoms with Crippen LogP contribution in [-0.2, 0) is 46.4 Å².